The molecule has 23 heavy (non-hydrogen) atoms. The van der Waals surface area contributed by atoms with Crippen LogP contribution in [0.1, 0.15) is 30.5 Å². The van der Waals surface area contributed by atoms with Gasteiger partial charge in [-0.3, -0.25) is 9.29 Å². The number of nitrogens with zero attached hydrogens (tertiary/aromatic N) is 2. The number of hydrogen-bond donors (Lipinski definition) is 3. The summed E-state index contributed by atoms with van der Waals surface area (Å²) in [7, 11) is -3.49. The molecule has 1 fully saturated rings. The van der Waals surface area contributed by atoms with Gasteiger partial charge in [0.05, 0.1) is 12.3 Å². The van der Waals surface area contributed by atoms with Crippen molar-refractivity contribution in [2.24, 2.45) is 0 Å². The van der Waals surface area contributed by atoms with Crippen LogP contribution in [-0.4, -0.2) is 36.0 Å². The Morgan fingerprint density at radius 2 is 2.00 bits per heavy atom. The molecule has 0 amide bonds. The first-order chi connectivity index (χ1) is 10.9. The van der Waals surface area contributed by atoms with Gasteiger partial charge in [-0.15, -0.1) is 5.10 Å². The van der Waals surface area contributed by atoms with Gasteiger partial charge in [0.25, 0.3) is 0 Å². The SMILES string of the molecule is CS(=O)(=O)Nc1n[nH]c(=O)n1C1CCC(c2ccccc2)NC1. The van der Waals surface area contributed by atoms with E-state index in [-0.39, 0.29) is 18.0 Å². The summed E-state index contributed by atoms with van der Waals surface area (Å²) in [6, 6.07) is 10.2. The first-order valence-corrected chi connectivity index (χ1v) is 9.26. The van der Waals surface area contributed by atoms with E-state index in [9.17, 15) is 13.2 Å². The van der Waals surface area contributed by atoms with Crippen LogP contribution in [0.5, 0.6) is 0 Å². The lowest BCUT2D eigenvalue weighted by Gasteiger charge is -2.30. The highest BCUT2D eigenvalue weighted by Gasteiger charge is 2.26. The van der Waals surface area contributed by atoms with Crippen LogP contribution in [0.4, 0.5) is 5.95 Å². The van der Waals surface area contributed by atoms with Crippen molar-refractivity contribution in [3.8, 4) is 0 Å². The van der Waals surface area contributed by atoms with Gasteiger partial charge < -0.3 is 5.32 Å². The van der Waals surface area contributed by atoms with Crippen LogP contribution < -0.4 is 15.7 Å². The second-order valence-electron chi connectivity index (χ2n) is 5.70. The van der Waals surface area contributed by atoms with E-state index in [4.69, 9.17) is 0 Å². The smallest absolute Gasteiger partial charge is 0.308 e. The Morgan fingerprint density at radius 1 is 1.26 bits per heavy atom. The van der Waals surface area contributed by atoms with Crippen molar-refractivity contribution >= 4 is 16.0 Å². The molecule has 1 aromatic carbocycles. The molecule has 1 aliphatic rings. The molecule has 2 atom stereocenters. The fourth-order valence-corrected chi connectivity index (χ4v) is 3.39. The van der Waals surface area contributed by atoms with Gasteiger partial charge in [-0.2, -0.15) is 0 Å². The van der Waals surface area contributed by atoms with Crippen LogP contribution in [0, 0.1) is 0 Å². The molecule has 3 rings (SSSR count). The first kappa shape index (κ1) is 15.8. The first-order valence-electron chi connectivity index (χ1n) is 7.37. The third kappa shape index (κ3) is 3.62. The summed E-state index contributed by atoms with van der Waals surface area (Å²) in [6.07, 6.45) is 2.64. The third-order valence-electron chi connectivity index (χ3n) is 3.94. The maximum atomic E-state index is 12.0. The van der Waals surface area contributed by atoms with Crippen LogP contribution in [0.2, 0.25) is 0 Å². The molecular formula is C14H19N5O3S. The highest BCUT2D eigenvalue weighted by Crippen LogP contribution is 2.28. The van der Waals surface area contributed by atoms with Crippen LogP contribution in [0.15, 0.2) is 35.1 Å². The molecule has 0 spiro atoms. The number of hydrogen-bond acceptors (Lipinski definition) is 5. The quantitative estimate of drug-likeness (QED) is 0.757. The van der Waals surface area contributed by atoms with Gasteiger partial charge in [0.2, 0.25) is 16.0 Å². The average Bonchev–Trinajstić information content (AvgIpc) is 2.87. The number of sulfonamides is 1. The van der Waals surface area contributed by atoms with Crippen LogP contribution in [-0.2, 0) is 10.0 Å². The molecule has 0 bridgehead atoms. The lowest BCUT2D eigenvalue weighted by Crippen LogP contribution is -2.38. The van der Waals surface area contributed by atoms with Crippen molar-refractivity contribution in [2.45, 2.75) is 24.9 Å². The Hall–Kier alpha value is -2.13. The summed E-state index contributed by atoms with van der Waals surface area (Å²) in [4.78, 5) is 12.0. The highest BCUT2D eigenvalue weighted by molar-refractivity contribution is 7.91. The number of aromatic nitrogens is 3. The number of rotatable bonds is 4. The van der Waals surface area contributed by atoms with Crippen molar-refractivity contribution in [1.82, 2.24) is 20.1 Å². The number of aromatic amines is 1. The number of anilines is 1. The molecule has 0 radical (unpaired) electrons. The molecule has 3 N–H and O–H groups in total. The van der Waals surface area contributed by atoms with Gasteiger partial charge in [0.1, 0.15) is 0 Å². The van der Waals surface area contributed by atoms with Gasteiger partial charge >= 0.3 is 5.69 Å². The minimum atomic E-state index is -3.49. The lowest BCUT2D eigenvalue weighted by atomic mass is 9.95. The zero-order chi connectivity index (χ0) is 16.4. The van der Waals surface area contributed by atoms with Gasteiger partial charge in [-0.1, -0.05) is 30.3 Å². The Bertz CT molecular complexity index is 820. The van der Waals surface area contributed by atoms with Crippen molar-refractivity contribution < 1.29 is 8.42 Å². The topological polar surface area (TPSA) is 109 Å². The maximum absolute atomic E-state index is 12.0. The minimum absolute atomic E-state index is 0.0301. The van der Waals surface area contributed by atoms with Crippen LogP contribution in [0.3, 0.4) is 0 Å². The molecule has 0 aliphatic carbocycles. The van der Waals surface area contributed by atoms with E-state index in [1.54, 1.807) is 0 Å². The molecule has 1 aliphatic heterocycles. The van der Waals surface area contributed by atoms with Crippen molar-refractivity contribution in [3.63, 3.8) is 0 Å². The summed E-state index contributed by atoms with van der Waals surface area (Å²) in [6.45, 7) is 0.567. The molecule has 0 saturated carbocycles. The predicted octanol–water partition coefficient (Wildman–Crippen LogP) is 0.609. The monoisotopic (exact) mass is 337 g/mol. The number of piperidine rings is 1. The normalized spacial score (nSPS) is 22.0. The Labute approximate surface area is 134 Å². The van der Waals surface area contributed by atoms with E-state index in [2.05, 4.69) is 32.4 Å². The largest absolute Gasteiger partial charge is 0.345 e. The van der Waals surface area contributed by atoms with E-state index in [0.717, 1.165) is 19.1 Å². The lowest BCUT2D eigenvalue weighted by molar-refractivity contribution is 0.310. The molecule has 9 heteroatoms. The fourth-order valence-electron chi connectivity index (χ4n) is 2.91. The molecule has 8 nitrogen and oxygen atoms in total. The fraction of sp³-hybridized carbons (Fsp3) is 0.429. The van der Waals surface area contributed by atoms with Crippen molar-refractivity contribution in [1.29, 1.82) is 0 Å². The van der Waals surface area contributed by atoms with E-state index in [0.29, 0.717) is 6.54 Å². The maximum Gasteiger partial charge on any atom is 0.345 e. The standard InChI is InChI=1S/C14H19N5O3S/c1-23(21,22)18-13-16-17-14(20)19(13)11-7-8-12(15-9-11)10-5-3-2-4-6-10/h2-6,11-12,15H,7-9H2,1H3,(H,16,18)(H,17,20). The van der Waals surface area contributed by atoms with Crippen molar-refractivity contribution in [3.05, 3.63) is 46.4 Å². The average molecular weight is 337 g/mol. The zero-order valence-corrected chi connectivity index (χ0v) is 13.5. The van der Waals surface area contributed by atoms with Crippen LogP contribution in [0.25, 0.3) is 0 Å². The summed E-state index contributed by atoms with van der Waals surface area (Å²) >= 11 is 0. The summed E-state index contributed by atoms with van der Waals surface area (Å²) < 4.78 is 26.4. The molecular weight excluding hydrogens is 318 g/mol. The van der Waals surface area contributed by atoms with Gasteiger partial charge in [-0.05, 0) is 18.4 Å². The summed E-state index contributed by atoms with van der Waals surface area (Å²) in [5.41, 5.74) is 0.793. The number of benzene rings is 1. The molecule has 2 aromatic rings. The zero-order valence-electron chi connectivity index (χ0n) is 12.7. The minimum Gasteiger partial charge on any atom is -0.308 e. The molecule has 1 aromatic heterocycles. The third-order valence-corrected chi connectivity index (χ3v) is 4.49. The van der Waals surface area contributed by atoms with E-state index >= 15 is 0 Å². The Balaban J connectivity index is 1.76. The predicted molar refractivity (Wildman–Crippen MR) is 86.8 cm³/mol. The molecule has 124 valence electrons. The van der Waals surface area contributed by atoms with Crippen LogP contribution >= 0.6 is 0 Å². The second kappa shape index (κ2) is 6.17. The second-order valence-corrected chi connectivity index (χ2v) is 7.45. The highest BCUT2D eigenvalue weighted by atomic mass is 32.2. The van der Waals surface area contributed by atoms with Gasteiger partial charge in [0, 0.05) is 12.6 Å². The van der Waals surface area contributed by atoms with E-state index < -0.39 is 15.7 Å². The molecule has 2 unspecified atom stereocenters. The summed E-state index contributed by atoms with van der Waals surface area (Å²) in [5.74, 6) is 0.0301. The Kier molecular flexibility index (Phi) is 4.22. The van der Waals surface area contributed by atoms with E-state index in [1.165, 1.54) is 10.1 Å². The Morgan fingerprint density at radius 3 is 2.61 bits per heavy atom. The van der Waals surface area contributed by atoms with Gasteiger partial charge in [-0.25, -0.2) is 18.3 Å². The van der Waals surface area contributed by atoms with Crippen molar-refractivity contribution in [2.75, 3.05) is 17.5 Å². The summed E-state index contributed by atoms with van der Waals surface area (Å²) in [5, 5.41) is 9.48. The van der Waals surface area contributed by atoms with Gasteiger partial charge in [0.15, 0.2) is 0 Å². The molecule has 1 saturated heterocycles. The number of H-pyrrole nitrogens is 1. The molecule has 2 heterocycles. The number of nitrogens with one attached hydrogen (secondary N) is 3. The van der Waals surface area contributed by atoms with E-state index in [1.807, 2.05) is 18.2 Å².